The highest BCUT2D eigenvalue weighted by atomic mass is 32.2. The summed E-state index contributed by atoms with van der Waals surface area (Å²) in [5.74, 6) is -0.245. The van der Waals surface area contributed by atoms with Crippen LogP contribution in [0.2, 0.25) is 0 Å². The zero-order chi connectivity index (χ0) is 22.6. The van der Waals surface area contributed by atoms with E-state index in [-0.39, 0.29) is 17.9 Å². The van der Waals surface area contributed by atoms with Crippen molar-refractivity contribution in [1.82, 2.24) is 9.62 Å². The minimum Gasteiger partial charge on any atom is -0.345 e. The predicted octanol–water partition coefficient (Wildman–Crippen LogP) is 4.30. The number of piperidine rings is 1. The van der Waals surface area contributed by atoms with E-state index in [0.29, 0.717) is 30.8 Å². The highest BCUT2D eigenvalue weighted by molar-refractivity contribution is 7.89. The summed E-state index contributed by atoms with van der Waals surface area (Å²) >= 11 is 0. The summed E-state index contributed by atoms with van der Waals surface area (Å²) in [6.07, 6.45) is 1.01. The van der Waals surface area contributed by atoms with Crippen LogP contribution in [0.5, 0.6) is 0 Å². The molecule has 3 aromatic carbocycles. The number of hydrogen-bond donors (Lipinski definition) is 1. The molecule has 1 amide bonds. The molecule has 1 atom stereocenters. The maximum atomic E-state index is 13.2. The number of aryl methyl sites for hydroxylation is 1. The number of sulfonamides is 1. The molecule has 1 saturated heterocycles. The van der Waals surface area contributed by atoms with Crippen molar-refractivity contribution in [3.05, 3.63) is 102 Å². The van der Waals surface area contributed by atoms with Crippen LogP contribution in [0.3, 0.4) is 0 Å². The predicted molar refractivity (Wildman–Crippen MR) is 126 cm³/mol. The Hall–Kier alpha value is -2.96. The van der Waals surface area contributed by atoms with Gasteiger partial charge in [0, 0.05) is 19.0 Å². The first-order chi connectivity index (χ1) is 15.4. The lowest BCUT2D eigenvalue weighted by Gasteiger charge is -2.31. The zero-order valence-electron chi connectivity index (χ0n) is 18.1. The standard InChI is InChI=1S/C26H28N2O3S/c1-20-12-14-22(15-13-20)25(21-8-4-2-5-9-21)27-26(29)23-16-18-28(19-17-23)32(30,31)24-10-6-3-7-11-24/h2-15,23,25H,16-19H2,1H3,(H,27,29). The van der Waals surface area contributed by atoms with Gasteiger partial charge in [-0.25, -0.2) is 8.42 Å². The largest absolute Gasteiger partial charge is 0.345 e. The molecule has 3 aromatic rings. The van der Waals surface area contributed by atoms with Gasteiger partial charge in [0.05, 0.1) is 10.9 Å². The molecule has 166 valence electrons. The number of nitrogens with one attached hydrogen (secondary N) is 1. The topological polar surface area (TPSA) is 66.5 Å². The molecule has 0 spiro atoms. The van der Waals surface area contributed by atoms with Crippen LogP contribution < -0.4 is 5.32 Å². The number of carbonyl (C=O) groups excluding carboxylic acids is 1. The molecule has 1 aliphatic rings. The van der Waals surface area contributed by atoms with E-state index >= 15 is 0 Å². The third kappa shape index (κ3) is 4.92. The molecule has 1 fully saturated rings. The van der Waals surface area contributed by atoms with Crippen LogP contribution in [0.1, 0.15) is 35.6 Å². The summed E-state index contributed by atoms with van der Waals surface area (Å²) in [6.45, 7) is 2.73. The molecular weight excluding hydrogens is 420 g/mol. The molecule has 1 aliphatic heterocycles. The van der Waals surface area contributed by atoms with Gasteiger partial charge >= 0.3 is 0 Å². The molecule has 0 saturated carbocycles. The molecule has 0 aromatic heterocycles. The lowest BCUT2D eigenvalue weighted by molar-refractivity contribution is -0.126. The van der Waals surface area contributed by atoms with Gasteiger partial charge in [-0.05, 0) is 43.0 Å². The van der Waals surface area contributed by atoms with E-state index in [0.717, 1.165) is 11.1 Å². The zero-order valence-corrected chi connectivity index (χ0v) is 19.0. The molecular formula is C26H28N2O3S. The second kappa shape index (κ2) is 9.67. The summed E-state index contributed by atoms with van der Waals surface area (Å²) in [4.78, 5) is 13.5. The number of rotatable bonds is 6. The lowest BCUT2D eigenvalue weighted by Crippen LogP contribution is -2.43. The smallest absolute Gasteiger partial charge is 0.243 e. The lowest BCUT2D eigenvalue weighted by atomic mass is 9.94. The van der Waals surface area contributed by atoms with E-state index in [1.807, 2.05) is 61.5 Å². The van der Waals surface area contributed by atoms with Gasteiger partial charge in [0.2, 0.25) is 15.9 Å². The van der Waals surface area contributed by atoms with E-state index in [4.69, 9.17) is 0 Å². The average molecular weight is 449 g/mol. The highest BCUT2D eigenvalue weighted by Gasteiger charge is 2.33. The van der Waals surface area contributed by atoms with Crippen molar-refractivity contribution in [3.63, 3.8) is 0 Å². The maximum absolute atomic E-state index is 13.2. The number of nitrogens with zero attached hydrogens (tertiary/aromatic N) is 1. The minimum absolute atomic E-state index is 0.0313. The highest BCUT2D eigenvalue weighted by Crippen LogP contribution is 2.27. The van der Waals surface area contributed by atoms with Gasteiger partial charge in [-0.1, -0.05) is 78.4 Å². The molecule has 4 rings (SSSR count). The fourth-order valence-corrected chi connectivity index (χ4v) is 5.61. The summed E-state index contributed by atoms with van der Waals surface area (Å²) in [6, 6.07) is 26.3. The van der Waals surface area contributed by atoms with Crippen molar-refractivity contribution < 1.29 is 13.2 Å². The molecule has 5 nitrogen and oxygen atoms in total. The van der Waals surface area contributed by atoms with Crippen molar-refractivity contribution >= 4 is 15.9 Å². The van der Waals surface area contributed by atoms with Crippen molar-refractivity contribution in [3.8, 4) is 0 Å². The number of carbonyl (C=O) groups is 1. The van der Waals surface area contributed by atoms with E-state index in [1.54, 1.807) is 30.3 Å². The Bertz CT molecular complexity index is 1140. The summed E-state index contributed by atoms with van der Waals surface area (Å²) < 4.78 is 27.2. The van der Waals surface area contributed by atoms with Gasteiger partial charge in [0.15, 0.2) is 0 Å². The summed E-state index contributed by atoms with van der Waals surface area (Å²) in [5, 5.41) is 3.22. The fourth-order valence-electron chi connectivity index (χ4n) is 4.12. The van der Waals surface area contributed by atoms with Gasteiger partial charge in [-0.2, -0.15) is 4.31 Å². The van der Waals surface area contributed by atoms with Crippen molar-refractivity contribution in [2.75, 3.05) is 13.1 Å². The van der Waals surface area contributed by atoms with Crippen LogP contribution in [0.4, 0.5) is 0 Å². The van der Waals surface area contributed by atoms with Gasteiger partial charge in [0.25, 0.3) is 0 Å². The van der Waals surface area contributed by atoms with Crippen LogP contribution >= 0.6 is 0 Å². The summed E-state index contributed by atoms with van der Waals surface area (Å²) in [7, 11) is -3.52. The van der Waals surface area contributed by atoms with Crippen molar-refractivity contribution in [2.24, 2.45) is 5.92 Å². The van der Waals surface area contributed by atoms with Crippen molar-refractivity contribution in [2.45, 2.75) is 30.7 Å². The number of amides is 1. The average Bonchev–Trinajstić information content (AvgIpc) is 2.84. The normalized spacial score (nSPS) is 16.4. The Morgan fingerprint density at radius 1 is 0.844 bits per heavy atom. The van der Waals surface area contributed by atoms with E-state index in [2.05, 4.69) is 5.32 Å². The van der Waals surface area contributed by atoms with Crippen LogP contribution in [-0.2, 0) is 14.8 Å². The molecule has 32 heavy (non-hydrogen) atoms. The van der Waals surface area contributed by atoms with Gasteiger partial charge in [-0.15, -0.1) is 0 Å². The van der Waals surface area contributed by atoms with Gasteiger partial charge < -0.3 is 5.32 Å². The second-order valence-corrected chi connectivity index (χ2v) is 10.2. The monoisotopic (exact) mass is 448 g/mol. The quantitative estimate of drug-likeness (QED) is 0.611. The molecule has 6 heteroatoms. The number of hydrogen-bond acceptors (Lipinski definition) is 3. The number of benzene rings is 3. The Balaban J connectivity index is 1.45. The fraction of sp³-hybridized carbons (Fsp3) is 0.269. The third-order valence-corrected chi connectivity index (χ3v) is 7.95. The Morgan fingerprint density at radius 2 is 1.38 bits per heavy atom. The van der Waals surface area contributed by atoms with Crippen molar-refractivity contribution in [1.29, 1.82) is 0 Å². The Labute approximate surface area is 190 Å². The molecule has 0 aliphatic carbocycles. The Morgan fingerprint density at radius 3 is 1.97 bits per heavy atom. The molecule has 1 heterocycles. The maximum Gasteiger partial charge on any atom is 0.243 e. The third-order valence-electron chi connectivity index (χ3n) is 6.04. The SMILES string of the molecule is Cc1ccc(C(NC(=O)C2CCN(S(=O)(=O)c3ccccc3)CC2)c2ccccc2)cc1. The van der Waals surface area contributed by atoms with Crippen LogP contribution in [0, 0.1) is 12.8 Å². The van der Waals surface area contributed by atoms with E-state index < -0.39 is 10.0 Å². The van der Waals surface area contributed by atoms with Gasteiger partial charge in [0.1, 0.15) is 0 Å². The van der Waals surface area contributed by atoms with E-state index in [1.165, 1.54) is 9.87 Å². The molecule has 0 bridgehead atoms. The first-order valence-corrected chi connectivity index (χ1v) is 12.4. The second-order valence-electron chi connectivity index (χ2n) is 8.25. The minimum atomic E-state index is -3.52. The van der Waals surface area contributed by atoms with Crippen LogP contribution in [-0.4, -0.2) is 31.7 Å². The molecule has 0 radical (unpaired) electrons. The summed E-state index contributed by atoms with van der Waals surface area (Å²) in [5.41, 5.74) is 3.21. The Kier molecular flexibility index (Phi) is 6.72. The van der Waals surface area contributed by atoms with Crippen LogP contribution in [0.25, 0.3) is 0 Å². The molecule has 1 N–H and O–H groups in total. The van der Waals surface area contributed by atoms with Gasteiger partial charge in [-0.3, -0.25) is 4.79 Å². The van der Waals surface area contributed by atoms with Crippen LogP contribution in [0.15, 0.2) is 89.8 Å². The first kappa shape index (κ1) is 22.2. The van der Waals surface area contributed by atoms with E-state index in [9.17, 15) is 13.2 Å². The first-order valence-electron chi connectivity index (χ1n) is 10.9. The molecule has 1 unspecified atom stereocenters.